The lowest BCUT2D eigenvalue weighted by Crippen LogP contribution is -2.11. The minimum Gasteiger partial charge on any atom is -0.309 e. The Kier molecular flexibility index (Phi) is 9.10. The number of nitrogens with zero attached hydrogens (tertiary/aromatic N) is 5. The summed E-state index contributed by atoms with van der Waals surface area (Å²) in [7, 11) is 0. The summed E-state index contributed by atoms with van der Waals surface area (Å²) in [6.45, 7) is 8.19. The Bertz CT molecular complexity index is 3460. The Balaban J connectivity index is 1.29. The van der Waals surface area contributed by atoms with Crippen LogP contribution in [0.5, 0.6) is 0 Å². The zero-order valence-corrected chi connectivity index (χ0v) is 35.5. The second-order valence-corrected chi connectivity index (χ2v) is 16.7. The maximum atomic E-state index is 16.0. The summed E-state index contributed by atoms with van der Waals surface area (Å²) in [5.41, 5.74) is 10.4. The predicted molar refractivity (Wildman–Crippen MR) is 254 cm³/mol. The number of aromatic nitrogens is 5. The van der Waals surface area contributed by atoms with Crippen LogP contribution < -0.4 is 0 Å². The Hall–Kier alpha value is -7.84. The van der Waals surface area contributed by atoms with Crippen LogP contribution in [0.25, 0.3) is 100 Å². The van der Waals surface area contributed by atoms with Crippen molar-refractivity contribution in [3.05, 3.63) is 198 Å². The third-order valence-corrected chi connectivity index (χ3v) is 12.2. The molecule has 0 saturated carbocycles. The number of alkyl halides is 3. The summed E-state index contributed by atoms with van der Waals surface area (Å²) in [4.78, 5) is 15.0. The van der Waals surface area contributed by atoms with E-state index in [-0.39, 0.29) is 5.56 Å². The van der Waals surface area contributed by atoms with Crippen LogP contribution in [0, 0.1) is 27.7 Å². The summed E-state index contributed by atoms with van der Waals surface area (Å²) in [6, 6.07) is 54.4. The molecule has 3 heterocycles. The van der Waals surface area contributed by atoms with Crippen LogP contribution in [0.2, 0.25) is 0 Å². The van der Waals surface area contributed by atoms with Crippen molar-refractivity contribution < 1.29 is 13.2 Å². The molecule has 0 fully saturated rings. The van der Waals surface area contributed by atoms with Gasteiger partial charge in [0.15, 0.2) is 17.5 Å². The molecule has 0 saturated heterocycles. The molecule has 0 radical (unpaired) electrons. The molecule has 3 aromatic heterocycles. The van der Waals surface area contributed by atoms with Crippen LogP contribution in [-0.4, -0.2) is 24.1 Å². The first-order valence-corrected chi connectivity index (χ1v) is 21.3. The van der Waals surface area contributed by atoms with Gasteiger partial charge >= 0.3 is 6.18 Å². The molecule has 0 N–H and O–H groups in total. The smallest absolute Gasteiger partial charge is 0.309 e. The van der Waals surface area contributed by atoms with Crippen molar-refractivity contribution in [3.63, 3.8) is 0 Å². The van der Waals surface area contributed by atoms with E-state index < -0.39 is 11.7 Å². The van der Waals surface area contributed by atoms with Crippen LogP contribution in [-0.2, 0) is 6.18 Å². The van der Waals surface area contributed by atoms with Gasteiger partial charge in [0.1, 0.15) is 0 Å². The first-order chi connectivity index (χ1) is 31.0. The highest BCUT2D eigenvalue weighted by molar-refractivity contribution is 6.12. The Morgan fingerprint density at radius 3 is 1.20 bits per heavy atom. The highest BCUT2D eigenvalue weighted by Crippen LogP contribution is 2.47. The predicted octanol–water partition coefficient (Wildman–Crippen LogP) is 15.0. The van der Waals surface area contributed by atoms with Crippen LogP contribution in [0.4, 0.5) is 13.2 Å². The number of fused-ring (bicyclic) bond motifs is 6. The lowest BCUT2D eigenvalue weighted by atomic mass is 9.93. The molecule has 0 aliphatic heterocycles. The summed E-state index contributed by atoms with van der Waals surface area (Å²) >= 11 is 0. The fourth-order valence-electron chi connectivity index (χ4n) is 9.27. The molecule has 64 heavy (non-hydrogen) atoms. The first-order valence-electron chi connectivity index (χ1n) is 21.3. The molecular formula is C56H40F3N5. The largest absolute Gasteiger partial charge is 0.417 e. The standard InChI is InChI=1S/C56H40F3N5/c1-33-18-23-46-40(28-33)41-29-34(2)19-24-47(41)63(46)50-27-22-39(55-61-53(37-12-7-5-8-13-37)60-54(62-55)38-14-9-6-10-15-38)32-44(50)52-45(56(57,58)59)16-11-17-51(52)64-48-25-20-35(3)30-42(48)43-31-36(4)21-26-49(43)64/h5-32H,1-4H3. The van der Waals surface area contributed by atoms with Crippen molar-refractivity contribution in [2.45, 2.75) is 33.9 Å². The lowest BCUT2D eigenvalue weighted by molar-refractivity contribution is -0.137. The Morgan fingerprint density at radius 1 is 0.375 bits per heavy atom. The molecule has 0 spiro atoms. The summed E-state index contributed by atoms with van der Waals surface area (Å²) in [5, 5.41) is 3.97. The molecule has 5 nitrogen and oxygen atoms in total. The molecule has 8 heteroatoms. The lowest BCUT2D eigenvalue weighted by Gasteiger charge is -2.23. The van der Waals surface area contributed by atoms with E-state index in [0.717, 1.165) is 77.0 Å². The molecule has 0 amide bonds. The van der Waals surface area contributed by atoms with Gasteiger partial charge in [0.25, 0.3) is 0 Å². The van der Waals surface area contributed by atoms with E-state index in [9.17, 15) is 0 Å². The third-order valence-electron chi connectivity index (χ3n) is 12.2. The molecule has 0 unspecified atom stereocenters. The van der Waals surface area contributed by atoms with Crippen LogP contribution in [0.1, 0.15) is 27.8 Å². The van der Waals surface area contributed by atoms with Crippen molar-refractivity contribution in [2.24, 2.45) is 0 Å². The van der Waals surface area contributed by atoms with E-state index in [2.05, 4.69) is 66.9 Å². The van der Waals surface area contributed by atoms with Crippen molar-refractivity contribution in [2.75, 3.05) is 0 Å². The molecule has 11 rings (SSSR count). The normalized spacial score (nSPS) is 12.0. The van der Waals surface area contributed by atoms with E-state index in [4.69, 9.17) is 15.0 Å². The molecule has 11 aromatic rings. The summed E-state index contributed by atoms with van der Waals surface area (Å²) < 4.78 is 52.1. The van der Waals surface area contributed by atoms with E-state index in [1.807, 2.05) is 128 Å². The maximum Gasteiger partial charge on any atom is 0.417 e. The van der Waals surface area contributed by atoms with Crippen molar-refractivity contribution >= 4 is 43.6 Å². The van der Waals surface area contributed by atoms with Gasteiger partial charge in [-0.05, 0) is 107 Å². The second kappa shape index (κ2) is 14.9. The molecule has 0 aliphatic rings. The number of halogens is 3. The van der Waals surface area contributed by atoms with Crippen LogP contribution >= 0.6 is 0 Å². The van der Waals surface area contributed by atoms with Gasteiger partial charge < -0.3 is 9.13 Å². The van der Waals surface area contributed by atoms with Crippen LogP contribution in [0.15, 0.2) is 170 Å². The van der Waals surface area contributed by atoms with Crippen LogP contribution in [0.3, 0.4) is 0 Å². The van der Waals surface area contributed by atoms with Crippen molar-refractivity contribution in [1.82, 2.24) is 24.1 Å². The van der Waals surface area contributed by atoms with Gasteiger partial charge in [0.2, 0.25) is 0 Å². The second-order valence-electron chi connectivity index (χ2n) is 16.7. The minimum atomic E-state index is -4.73. The van der Waals surface area contributed by atoms with E-state index in [1.165, 1.54) is 12.1 Å². The maximum absolute atomic E-state index is 16.0. The number of hydrogen-bond acceptors (Lipinski definition) is 3. The zero-order valence-electron chi connectivity index (χ0n) is 35.5. The topological polar surface area (TPSA) is 48.5 Å². The number of benzene rings is 8. The third kappa shape index (κ3) is 6.52. The Labute approximate surface area is 367 Å². The molecule has 8 aromatic carbocycles. The fraction of sp³-hybridized carbons (Fsp3) is 0.0893. The van der Waals surface area contributed by atoms with Crippen molar-refractivity contribution in [1.29, 1.82) is 0 Å². The van der Waals surface area contributed by atoms with Gasteiger partial charge in [-0.1, -0.05) is 113 Å². The van der Waals surface area contributed by atoms with E-state index >= 15 is 13.2 Å². The number of rotatable bonds is 6. The quantitative estimate of drug-likeness (QED) is 0.168. The minimum absolute atomic E-state index is 0.0432. The molecule has 0 atom stereocenters. The van der Waals surface area contributed by atoms with Gasteiger partial charge in [-0.2, -0.15) is 13.2 Å². The SMILES string of the molecule is Cc1ccc2c(c1)c1cc(C)ccc1n2-c1ccc(-c2nc(-c3ccccc3)nc(-c3ccccc3)n2)cc1-c1c(-n2c3ccc(C)cc3c3cc(C)ccc32)cccc1C(F)(F)F. The van der Waals surface area contributed by atoms with Gasteiger partial charge in [0, 0.05) is 49.4 Å². The fourth-order valence-corrected chi connectivity index (χ4v) is 9.27. The van der Waals surface area contributed by atoms with Gasteiger partial charge in [-0.3, -0.25) is 0 Å². The Morgan fingerprint density at radius 2 is 0.781 bits per heavy atom. The van der Waals surface area contributed by atoms with Gasteiger partial charge in [-0.25, -0.2) is 15.0 Å². The van der Waals surface area contributed by atoms with Gasteiger partial charge in [-0.15, -0.1) is 0 Å². The van der Waals surface area contributed by atoms with E-state index in [1.54, 1.807) is 0 Å². The summed E-state index contributed by atoms with van der Waals surface area (Å²) in [5.74, 6) is 1.24. The highest BCUT2D eigenvalue weighted by Gasteiger charge is 2.37. The van der Waals surface area contributed by atoms with Gasteiger partial charge in [0.05, 0.1) is 39.0 Å². The molecule has 0 aliphatic carbocycles. The molecular weight excluding hydrogens is 800 g/mol. The average molecular weight is 840 g/mol. The number of aryl methyl sites for hydroxylation is 4. The first kappa shape index (κ1) is 39.0. The molecule has 310 valence electrons. The monoisotopic (exact) mass is 839 g/mol. The van der Waals surface area contributed by atoms with E-state index in [0.29, 0.717) is 40.0 Å². The van der Waals surface area contributed by atoms with Crippen molar-refractivity contribution in [3.8, 4) is 56.7 Å². The summed E-state index contributed by atoms with van der Waals surface area (Å²) in [6.07, 6.45) is -4.73. The molecule has 0 bridgehead atoms. The zero-order chi connectivity index (χ0) is 43.9. The highest BCUT2D eigenvalue weighted by atomic mass is 19.4. The average Bonchev–Trinajstić information content (AvgIpc) is 3.79. The number of hydrogen-bond donors (Lipinski definition) is 0.